The van der Waals surface area contributed by atoms with Crippen molar-refractivity contribution in [1.29, 1.82) is 0 Å². The van der Waals surface area contributed by atoms with Gasteiger partial charge >= 0.3 is 0 Å². The van der Waals surface area contributed by atoms with Crippen molar-refractivity contribution in [2.24, 2.45) is 5.92 Å². The van der Waals surface area contributed by atoms with Gasteiger partial charge in [-0.15, -0.1) is 12.4 Å². The second-order valence-corrected chi connectivity index (χ2v) is 7.56. The van der Waals surface area contributed by atoms with E-state index in [4.69, 9.17) is 0 Å². The topological polar surface area (TPSA) is 3.24 Å². The largest absolute Gasteiger partial charge is 0.371 e. The maximum absolute atomic E-state index is 2.73. The van der Waals surface area contributed by atoms with Crippen LogP contribution in [-0.4, -0.2) is 18.0 Å². The van der Waals surface area contributed by atoms with Crippen LogP contribution in [0.1, 0.15) is 49.7 Å². The molecule has 2 heteroatoms. The second-order valence-electron chi connectivity index (χ2n) is 7.56. The minimum atomic E-state index is 0. The van der Waals surface area contributed by atoms with Crippen molar-refractivity contribution in [2.75, 3.05) is 13.1 Å². The number of halogens is 1. The number of fused-ring (bicyclic) bond motifs is 2. The van der Waals surface area contributed by atoms with Gasteiger partial charge in [0, 0.05) is 18.8 Å². The fraction of sp³-hybridized carbons (Fsp3) is 0.524. The lowest BCUT2D eigenvalue weighted by atomic mass is 9.73. The van der Waals surface area contributed by atoms with Crippen LogP contribution in [0.4, 0.5) is 0 Å². The summed E-state index contributed by atoms with van der Waals surface area (Å²) >= 11 is 0. The van der Waals surface area contributed by atoms with E-state index in [9.17, 15) is 0 Å². The van der Waals surface area contributed by atoms with E-state index < -0.39 is 0 Å². The van der Waals surface area contributed by atoms with Gasteiger partial charge in [-0.25, -0.2) is 0 Å². The fourth-order valence-electron chi connectivity index (χ4n) is 5.35. The summed E-state index contributed by atoms with van der Waals surface area (Å²) in [6.45, 7) is 2.51. The van der Waals surface area contributed by atoms with Gasteiger partial charge in [0.1, 0.15) is 0 Å². The van der Waals surface area contributed by atoms with Gasteiger partial charge in [-0.05, 0) is 85.1 Å². The van der Waals surface area contributed by atoms with Gasteiger partial charge in [-0.2, -0.15) is 0 Å². The number of hydrogen-bond donors (Lipinski definition) is 0. The maximum Gasteiger partial charge on any atom is 0.0395 e. The number of rotatable bonds is 0. The zero-order valence-electron chi connectivity index (χ0n) is 13.8. The first-order chi connectivity index (χ1) is 10.9. The highest BCUT2D eigenvalue weighted by molar-refractivity contribution is 5.85. The zero-order valence-corrected chi connectivity index (χ0v) is 14.6. The van der Waals surface area contributed by atoms with Gasteiger partial charge in [0.05, 0.1) is 0 Å². The summed E-state index contributed by atoms with van der Waals surface area (Å²) in [5.74, 6) is 0.805. The highest BCUT2D eigenvalue weighted by atomic mass is 35.5. The number of nitrogens with zero attached hydrogens (tertiary/aromatic N) is 1. The highest BCUT2D eigenvalue weighted by Crippen LogP contribution is 2.47. The Morgan fingerprint density at radius 3 is 2.74 bits per heavy atom. The van der Waals surface area contributed by atoms with Crippen molar-refractivity contribution >= 4 is 12.4 Å². The van der Waals surface area contributed by atoms with Crippen LogP contribution in [0.15, 0.2) is 46.7 Å². The molecule has 1 unspecified atom stereocenters. The summed E-state index contributed by atoms with van der Waals surface area (Å²) in [6.07, 6.45) is 10.8. The molecule has 1 aromatic rings. The van der Waals surface area contributed by atoms with E-state index in [0.717, 1.165) is 5.92 Å². The number of benzene rings is 1. The quantitative estimate of drug-likeness (QED) is 0.644. The van der Waals surface area contributed by atoms with E-state index in [1.165, 1.54) is 64.5 Å². The molecule has 1 nitrogen and oxygen atoms in total. The third-order valence-corrected chi connectivity index (χ3v) is 6.29. The molecular formula is C21H26ClN. The molecule has 2 heterocycles. The van der Waals surface area contributed by atoms with Crippen LogP contribution in [0.2, 0.25) is 0 Å². The third-order valence-electron chi connectivity index (χ3n) is 6.29. The van der Waals surface area contributed by atoms with E-state index >= 15 is 0 Å². The summed E-state index contributed by atoms with van der Waals surface area (Å²) in [5.41, 5.74) is 10.3. The SMILES string of the molecule is Cl.c1ccc2c(c1)CC1=C3C(=C4CCCCN4C1)CCCC3C2. The predicted molar refractivity (Wildman–Crippen MR) is 97.9 cm³/mol. The molecule has 1 saturated carbocycles. The van der Waals surface area contributed by atoms with Gasteiger partial charge in [0.15, 0.2) is 0 Å². The van der Waals surface area contributed by atoms with E-state index in [-0.39, 0.29) is 12.4 Å². The van der Waals surface area contributed by atoms with Crippen LogP contribution in [0.5, 0.6) is 0 Å². The standard InChI is InChI=1S/C21H25N.ClH/c1-2-7-16-13-18-14-22-11-4-3-10-20(22)19-9-5-8-17(21(18)19)12-15(16)6-1;/h1-2,6-7,17H,3-5,8-14H2;1H. The Morgan fingerprint density at radius 2 is 1.83 bits per heavy atom. The van der Waals surface area contributed by atoms with Crippen molar-refractivity contribution in [3.63, 3.8) is 0 Å². The molecule has 0 aromatic heterocycles. The third kappa shape index (κ3) is 2.45. The first-order valence-corrected chi connectivity index (χ1v) is 9.16. The van der Waals surface area contributed by atoms with Crippen molar-refractivity contribution in [3.05, 3.63) is 57.8 Å². The van der Waals surface area contributed by atoms with Crippen molar-refractivity contribution in [2.45, 2.75) is 51.4 Å². The molecule has 0 radical (unpaired) electrons. The molecule has 0 bridgehead atoms. The van der Waals surface area contributed by atoms with E-state index in [1.807, 2.05) is 5.57 Å². The molecule has 2 fully saturated rings. The van der Waals surface area contributed by atoms with Crippen LogP contribution in [0.3, 0.4) is 0 Å². The molecule has 1 atom stereocenters. The Hall–Kier alpha value is -1.21. The summed E-state index contributed by atoms with van der Waals surface area (Å²) in [7, 11) is 0. The van der Waals surface area contributed by atoms with Gasteiger partial charge < -0.3 is 4.90 Å². The molecular weight excluding hydrogens is 302 g/mol. The lowest BCUT2D eigenvalue weighted by Crippen LogP contribution is -2.37. The van der Waals surface area contributed by atoms with Crippen LogP contribution in [0, 0.1) is 5.92 Å². The zero-order chi connectivity index (χ0) is 14.5. The highest BCUT2D eigenvalue weighted by Gasteiger charge is 2.36. The Morgan fingerprint density at radius 1 is 0.957 bits per heavy atom. The van der Waals surface area contributed by atoms with Crippen molar-refractivity contribution in [1.82, 2.24) is 4.90 Å². The average Bonchev–Trinajstić information content (AvgIpc) is 2.72. The number of piperidine rings is 1. The van der Waals surface area contributed by atoms with Gasteiger partial charge in [0.2, 0.25) is 0 Å². The molecule has 2 aliphatic heterocycles. The molecule has 1 saturated heterocycles. The first kappa shape index (κ1) is 15.3. The first-order valence-electron chi connectivity index (χ1n) is 9.16. The minimum Gasteiger partial charge on any atom is -0.371 e. The number of hydrogen-bond acceptors (Lipinski definition) is 1. The van der Waals surface area contributed by atoms with E-state index in [1.54, 1.807) is 28.0 Å². The second kappa shape index (κ2) is 6.02. The van der Waals surface area contributed by atoms with Crippen molar-refractivity contribution < 1.29 is 0 Å². The predicted octanol–water partition coefficient (Wildman–Crippen LogP) is 5.06. The van der Waals surface area contributed by atoms with E-state index in [2.05, 4.69) is 29.2 Å². The Bertz CT molecular complexity index is 685. The molecule has 2 aliphatic carbocycles. The molecule has 122 valence electrons. The summed E-state index contributed by atoms with van der Waals surface area (Å²) in [6, 6.07) is 9.21. The van der Waals surface area contributed by atoms with Gasteiger partial charge in [-0.3, -0.25) is 0 Å². The smallest absolute Gasteiger partial charge is 0.0395 e. The molecule has 5 rings (SSSR count). The average molecular weight is 328 g/mol. The normalized spacial score (nSPS) is 25.9. The Kier molecular flexibility index (Phi) is 4.01. The molecule has 0 spiro atoms. The van der Waals surface area contributed by atoms with Gasteiger partial charge in [0.25, 0.3) is 0 Å². The van der Waals surface area contributed by atoms with Crippen LogP contribution < -0.4 is 0 Å². The number of allylic oxidation sites excluding steroid dienone is 3. The summed E-state index contributed by atoms with van der Waals surface area (Å²) < 4.78 is 0. The molecule has 23 heavy (non-hydrogen) atoms. The molecule has 1 aromatic carbocycles. The van der Waals surface area contributed by atoms with Crippen molar-refractivity contribution in [3.8, 4) is 0 Å². The summed E-state index contributed by atoms with van der Waals surface area (Å²) in [5, 5.41) is 0. The van der Waals surface area contributed by atoms with Crippen LogP contribution in [-0.2, 0) is 12.8 Å². The Labute approximate surface area is 145 Å². The molecule has 0 amide bonds. The lowest BCUT2D eigenvalue weighted by Gasteiger charge is -2.43. The Balaban J connectivity index is 0.00000135. The van der Waals surface area contributed by atoms with Crippen LogP contribution in [0.25, 0.3) is 0 Å². The minimum absolute atomic E-state index is 0. The maximum atomic E-state index is 2.73. The summed E-state index contributed by atoms with van der Waals surface area (Å²) in [4.78, 5) is 2.73. The molecule has 0 N–H and O–H groups in total. The van der Waals surface area contributed by atoms with E-state index in [0.29, 0.717) is 0 Å². The van der Waals surface area contributed by atoms with Gasteiger partial charge in [-0.1, -0.05) is 24.3 Å². The van der Waals surface area contributed by atoms with Crippen LogP contribution >= 0.6 is 12.4 Å². The fourth-order valence-corrected chi connectivity index (χ4v) is 5.35. The monoisotopic (exact) mass is 327 g/mol. The molecule has 4 aliphatic rings. The lowest BCUT2D eigenvalue weighted by molar-refractivity contribution is 0.290.